The summed E-state index contributed by atoms with van der Waals surface area (Å²) in [5, 5.41) is 0. The van der Waals surface area contributed by atoms with Crippen LogP contribution in [0.4, 0.5) is 0 Å². The Balaban J connectivity index is 1.66. The quantitative estimate of drug-likeness (QED) is 0.750. The van der Waals surface area contributed by atoms with Gasteiger partial charge in [-0.05, 0) is 50.8 Å². The summed E-state index contributed by atoms with van der Waals surface area (Å²) in [6.45, 7) is 2.41. The summed E-state index contributed by atoms with van der Waals surface area (Å²) in [6, 6.07) is 5.93. The molecule has 0 aromatic heterocycles. The van der Waals surface area contributed by atoms with Crippen molar-refractivity contribution < 1.29 is 18.0 Å². The first-order valence-electron chi connectivity index (χ1n) is 10.1. The van der Waals surface area contributed by atoms with Crippen LogP contribution in [-0.2, 0) is 14.8 Å². The average Bonchev–Trinajstić information content (AvgIpc) is 2.72. The van der Waals surface area contributed by atoms with Gasteiger partial charge in [-0.15, -0.1) is 0 Å². The van der Waals surface area contributed by atoms with Gasteiger partial charge in [0.05, 0.1) is 4.90 Å². The third kappa shape index (κ3) is 4.72. The van der Waals surface area contributed by atoms with Crippen molar-refractivity contribution in [1.29, 1.82) is 0 Å². The molecule has 7 nitrogen and oxygen atoms in total. The Morgan fingerprint density at radius 2 is 1.71 bits per heavy atom. The van der Waals surface area contributed by atoms with Crippen LogP contribution in [0.3, 0.4) is 0 Å². The van der Waals surface area contributed by atoms with Crippen LogP contribution in [0.2, 0.25) is 0 Å². The Bertz CT molecular complexity index is 818. The Morgan fingerprint density at radius 1 is 1.00 bits per heavy atom. The van der Waals surface area contributed by atoms with Gasteiger partial charge in [0, 0.05) is 24.1 Å². The first kappa shape index (κ1) is 20.8. The number of hydrogen-bond donors (Lipinski definition) is 2. The molecule has 1 aliphatic heterocycles. The fraction of sp³-hybridized carbons (Fsp3) is 0.600. The molecule has 2 fully saturated rings. The lowest BCUT2D eigenvalue weighted by Crippen LogP contribution is -2.45. The van der Waals surface area contributed by atoms with Gasteiger partial charge in [-0.1, -0.05) is 31.7 Å². The number of hydrazine groups is 1. The summed E-state index contributed by atoms with van der Waals surface area (Å²) < 4.78 is 27.5. The number of carbonyl (C=O) groups excluding carboxylic acids is 2. The van der Waals surface area contributed by atoms with Crippen molar-refractivity contribution in [3.63, 3.8) is 0 Å². The Labute approximate surface area is 166 Å². The van der Waals surface area contributed by atoms with E-state index in [2.05, 4.69) is 10.9 Å². The number of hydrogen-bond acceptors (Lipinski definition) is 4. The summed E-state index contributed by atoms with van der Waals surface area (Å²) in [4.78, 5) is 24.7. The van der Waals surface area contributed by atoms with Gasteiger partial charge in [0.2, 0.25) is 15.9 Å². The highest BCUT2D eigenvalue weighted by molar-refractivity contribution is 7.89. The van der Waals surface area contributed by atoms with Crippen LogP contribution < -0.4 is 10.9 Å². The number of rotatable bonds is 4. The van der Waals surface area contributed by atoms with Crippen LogP contribution in [0, 0.1) is 5.92 Å². The SMILES string of the molecule is C[C@H]1CCCCN1S(=O)(=O)c1cccc(C(=O)NNC(=O)C2CCCCC2)c1. The van der Waals surface area contributed by atoms with Crippen LogP contribution >= 0.6 is 0 Å². The van der Waals surface area contributed by atoms with Crippen LogP contribution in [0.5, 0.6) is 0 Å². The predicted octanol–water partition coefficient (Wildman–Crippen LogP) is 2.59. The zero-order chi connectivity index (χ0) is 20.1. The van der Waals surface area contributed by atoms with Gasteiger partial charge in [0.25, 0.3) is 5.91 Å². The molecule has 2 amide bonds. The second kappa shape index (κ2) is 9.05. The molecule has 1 saturated carbocycles. The van der Waals surface area contributed by atoms with E-state index in [0.717, 1.165) is 51.4 Å². The van der Waals surface area contributed by atoms with Crippen molar-refractivity contribution in [2.24, 2.45) is 5.92 Å². The van der Waals surface area contributed by atoms with E-state index in [0.29, 0.717) is 6.54 Å². The monoisotopic (exact) mass is 407 g/mol. The molecule has 2 aliphatic rings. The highest BCUT2D eigenvalue weighted by atomic mass is 32.2. The lowest BCUT2D eigenvalue weighted by Gasteiger charge is -2.32. The van der Waals surface area contributed by atoms with E-state index in [9.17, 15) is 18.0 Å². The summed E-state index contributed by atoms with van der Waals surface area (Å²) in [6.07, 6.45) is 7.58. The highest BCUT2D eigenvalue weighted by Crippen LogP contribution is 2.26. The standard InChI is InChI=1S/C20H29N3O4S/c1-15-8-5-6-13-23(15)28(26,27)18-12-7-11-17(14-18)20(25)22-21-19(24)16-9-3-2-4-10-16/h7,11-12,14-16H,2-6,8-10,13H2,1H3,(H,21,24)(H,22,25)/t15-/m0/s1. The molecule has 0 bridgehead atoms. The number of amides is 2. The lowest BCUT2D eigenvalue weighted by atomic mass is 9.89. The van der Waals surface area contributed by atoms with E-state index in [4.69, 9.17) is 0 Å². The van der Waals surface area contributed by atoms with E-state index in [1.165, 1.54) is 16.4 Å². The minimum Gasteiger partial charge on any atom is -0.273 e. The van der Waals surface area contributed by atoms with Crippen molar-refractivity contribution in [3.05, 3.63) is 29.8 Å². The molecule has 0 unspecified atom stereocenters. The predicted molar refractivity (Wildman–Crippen MR) is 106 cm³/mol. The molecular weight excluding hydrogens is 378 g/mol. The third-order valence-electron chi connectivity index (χ3n) is 5.72. The molecule has 1 saturated heterocycles. The molecule has 154 valence electrons. The van der Waals surface area contributed by atoms with E-state index < -0.39 is 15.9 Å². The molecule has 3 rings (SSSR count). The van der Waals surface area contributed by atoms with Gasteiger partial charge in [-0.3, -0.25) is 20.4 Å². The zero-order valence-electron chi connectivity index (χ0n) is 16.3. The second-order valence-electron chi connectivity index (χ2n) is 7.77. The summed E-state index contributed by atoms with van der Waals surface area (Å²) >= 11 is 0. The number of nitrogens with zero attached hydrogens (tertiary/aromatic N) is 1. The number of nitrogens with one attached hydrogen (secondary N) is 2. The van der Waals surface area contributed by atoms with Gasteiger partial charge in [0.15, 0.2) is 0 Å². The fourth-order valence-electron chi connectivity index (χ4n) is 4.02. The summed E-state index contributed by atoms with van der Waals surface area (Å²) in [7, 11) is -3.65. The van der Waals surface area contributed by atoms with Gasteiger partial charge in [0.1, 0.15) is 0 Å². The van der Waals surface area contributed by atoms with Crippen molar-refractivity contribution in [3.8, 4) is 0 Å². The van der Waals surface area contributed by atoms with E-state index in [1.54, 1.807) is 12.1 Å². The van der Waals surface area contributed by atoms with Gasteiger partial charge in [-0.2, -0.15) is 4.31 Å². The maximum Gasteiger partial charge on any atom is 0.269 e. The number of sulfonamides is 1. The van der Waals surface area contributed by atoms with E-state index >= 15 is 0 Å². The fourth-order valence-corrected chi connectivity index (χ4v) is 5.77. The van der Waals surface area contributed by atoms with Crippen LogP contribution in [0.1, 0.15) is 68.6 Å². The van der Waals surface area contributed by atoms with Crippen molar-refractivity contribution in [2.75, 3.05) is 6.54 Å². The Kier molecular flexibility index (Phi) is 6.72. The Morgan fingerprint density at radius 3 is 2.43 bits per heavy atom. The Hall–Kier alpha value is -1.93. The smallest absolute Gasteiger partial charge is 0.269 e. The van der Waals surface area contributed by atoms with Crippen LogP contribution in [-0.4, -0.2) is 37.1 Å². The molecule has 0 radical (unpaired) electrons. The minimum absolute atomic E-state index is 0.0500. The zero-order valence-corrected chi connectivity index (χ0v) is 17.1. The molecule has 1 atom stereocenters. The van der Waals surface area contributed by atoms with E-state index in [1.807, 2.05) is 6.92 Å². The third-order valence-corrected chi connectivity index (χ3v) is 7.73. The summed E-state index contributed by atoms with van der Waals surface area (Å²) in [5.41, 5.74) is 5.10. The number of piperidine rings is 1. The van der Waals surface area contributed by atoms with Crippen LogP contribution in [0.25, 0.3) is 0 Å². The molecule has 1 aromatic rings. The maximum atomic E-state index is 13.0. The molecule has 8 heteroatoms. The van der Waals surface area contributed by atoms with Crippen molar-refractivity contribution in [2.45, 2.75) is 69.2 Å². The number of benzene rings is 1. The maximum absolute atomic E-state index is 13.0. The molecule has 28 heavy (non-hydrogen) atoms. The molecule has 1 heterocycles. The van der Waals surface area contributed by atoms with Crippen LogP contribution in [0.15, 0.2) is 29.2 Å². The minimum atomic E-state index is -3.65. The normalized spacial score (nSPS) is 21.8. The lowest BCUT2D eigenvalue weighted by molar-refractivity contribution is -0.126. The second-order valence-corrected chi connectivity index (χ2v) is 9.66. The largest absolute Gasteiger partial charge is 0.273 e. The number of carbonyl (C=O) groups is 2. The van der Waals surface area contributed by atoms with E-state index in [-0.39, 0.29) is 28.3 Å². The molecular formula is C20H29N3O4S. The molecule has 1 aliphatic carbocycles. The van der Waals surface area contributed by atoms with Crippen molar-refractivity contribution >= 4 is 21.8 Å². The summed E-state index contributed by atoms with van der Waals surface area (Å²) in [5.74, 6) is -0.770. The van der Waals surface area contributed by atoms with Gasteiger partial charge >= 0.3 is 0 Å². The van der Waals surface area contributed by atoms with Crippen molar-refractivity contribution in [1.82, 2.24) is 15.2 Å². The topological polar surface area (TPSA) is 95.6 Å². The highest BCUT2D eigenvalue weighted by Gasteiger charge is 2.31. The average molecular weight is 408 g/mol. The van der Waals surface area contributed by atoms with Gasteiger partial charge < -0.3 is 0 Å². The molecule has 2 N–H and O–H groups in total. The first-order valence-corrected chi connectivity index (χ1v) is 11.6. The molecule has 1 aromatic carbocycles. The molecule has 0 spiro atoms. The first-order chi connectivity index (χ1) is 13.4. The van der Waals surface area contributed by atoms with Gasteiger partial charge in [-0.25, -0.2) is 8.42 Å².